The van der Waals surface area contributed by atoms with E-state index in [1.54, 1.807) is 0 Å². The monoisotopic (exact) mass is 187 g/mol. The fraction of sp³-hybridized carbons (Fsp3) is 1.00. The average Bonchev–Trinajstić information content (AvgIpc) is 2.07. The molecule has 78 valence electrons. The van der Waals surface area contributed by atoms with Gasteiger partial charge in [-0.3, -0.25) is 0 Å². The van der Waals surface area contributed by atoms with Gasteiger partial charge in [-0.15, -0.1) is 0 Å². The summed E-state index contributed by atoms with van der Waals surface area (Å²) in [6.07, 6.45) is 1.38. The maximum absolute atomic E-state index is 9.50. The van der Waals surface area contributed by atoms with Crippen LogP contribution < -0.4 is 0 Å². The third-order valence-corrected chi connectivity index (χ3v) is 2.81. The van der Waals surface area contributed by atoms with E-state index in [0.717, 1.165) is 32.5 Å². The van der Waals surface area contributed by atoms with E-state index in [1.165, 1.54) is 0 Å². The first-order chi connectivity index (χ1) is 6.09. The summed E-state index contributed by atoms with van der Waals surface area (Å²) in [6.45, 7) is 6.79. The summed E-state index contributed by atoms with van der Waals surface area (Å²) in [6, 6.07) is 0. The normalized spacial score (nSPS) is 33.2. The summed E-state index contributed by atoms with van der Waals surface area (Å²) >= 11 is 0. The highest BCUT2D eigenvalue weighted by molar-refractivity contribution is 4.77. The maximum Gasteiger partial charge on any atom is 0.0590 e. The first kappa shape index (κ1) is 11.0. The van der Waals surface area contributed by atoms with Crippen LogP contribution in [0.2, 0.25) is 0 Å². The second kappa shape index (κ2) is 4.94. The highest BCUT2D eigenvalue weighted by Gasteiger charge is 2.23. The first-order valence-corrected chi connectivity index (χ1v) is 5.18. The maximum atomic E-state index is 9.50. The Hall–Kier alpha value is -0.120. The van der Waals surface area contributed by atoms with Crippen molar-refractivity contribution < 1.29 is 10.2 Å². The van der Waals surface area contributed by atoms with E-state index in [1.807, 2.05) is 6.92 Å². The van der Waals surface area contributed by atoms with Crippen LogP contribution in [0.4, 0.5) is 0 Å². The van der Waals surface area contributed by atoms with Gasteiger partial charge < -0.3 is 15.1 Å². The zero-order valence-electron chi connectivity index (χ0n) is 8.61. The molecule has 0 aromatic heterocycles. The molecule has 1 fully saturated rings. The molecule has 13 heavy (non-hydrogen) atoms. The number of aliphatic hydroxyl groups excluding tert-OH is 2. The van der Waals surface area contributed by atoms with Gasteiger partial charge >= 0.3 is 0 Å². The molecule has 1 aliphatic heterocycles. The molecule has 2 N–H and O–H groups in total. The smallest absolute Gasteiger partial charge is 0.0590 e. The van der Waals surface area contributed by atoms with Gasteiger partial charge in [0.1, 0.15) is 0 Å². The predicted molar refractivity (Wildman–Crippen MR) is 52.5 cm³/mol. The lowest BCUT2D eigenvalue weighted by Crippen LogP contribution is -2.42. The first-order valence-electron chi connectivity index (χ1n) is 5.18. The number of likely N-dealkylation sites (tertiary alicyclic amines) is 1. The van der Waals surface area contributed by atoms with Crippen molar-refractivity contribution in [3.63, 3.8) is 0 Å². The van der Waals surface area contributed by atoms with Gasteiger partial charge in [0.15, 0.2) is 0 Å². The van der Waals surface area contributed by atoms with Crippen molar-refractivity contribution in [1.82, 2.24) is 4.90 Å². The van der Waals surface area contributed by atoms with E-state index >= 15 is 0 Å². The largest absolute Gasteiger partial charge is 0.393 e. The fourth-order valence-electron chi connectivity index (χ4n) is 1.79. The van der Waals surface area contributed by atoms with Crippen molar-refractivity contribution in [3.8, 4) is 0 Å². The minimum absolute atomic E-state index is 0.122. The average molecular weight is 187 g/mol. The molecule has 0 amide bonds. The number of aliphatic hydroxyl groups is 2. The van der Waals surface area contributed by atoms with E-state index in [9.17, 15) is 5.11 Å². The fourth-order valence-corrected chi connectivity index (χ4v) is 1.79. The zero-order chi connectivity index (χ0) is 9.84. The van der Waals surface area contributed by atoms with Crippen molar-refractivity contribution in [1.29, 1.82) is 0 Å². The molecule has 0 bridgehead atoms. The lowest BCUT2D eigenvalue weighted by molar-refractivity contribution is 0.0299. The summed E-state index contributed by atoms with van der Waals surface area (Å²) in [5.74, 6) is 0.378. The standard InChI is InChI=1S/C10H21NO2/c1-8-7-11(5-3-9(2)12)6-4-10(8)13/h8-10,12-13H,3-7H2,1-2H3. The van der Waals surface area contributed by atoms with Crippen molar-refractivity contribution in [3.05, 3.63) is 0 Å². The number of piperidine rings is 1. The highest BCUT2D eigenvalue weighted by Crippen LogP contribution is 2.16. The Labute approximate surface area is 80.4 Å². The van der Waals surface area contributed by atoms with Crippen LogP contribution in [-0.2, 0) is 0 Å². The van der Waals surface area contributed by atoms with Crippen LogP contribution >= 0.6 is 0 Å². The molecule has 1 aliphatic rings. The lowest BCUT2D eigenvalue weighted by Gasteiger charge is -2.34. The van der Waals surface area contributed by atoms with Gasteiger partial charge in [0.05, 0.1) is 12.2 Å². The number of nitrogens with zero attached hydrogens (tertiary/aromatic N) is 1. The molecule has 0 aliphatic carbocycles. The molecule has 1 rings (SSSR count). The van der Waals surface area contributed by atoms with E-state index in [4.69, 9.17) is 5.11 Å². The van der Waals surface area contributed by atoms with E-state index in [0.29, 0.717) is 5.92 Å². The summed E-state index contributed by atoms with van der Waals surface area (Å²) in [5.41, 5.74) is 0. The van der Waals surface area contributed by atoms with Gasteiger partial charge in [-0.25, -0.2) is 0 Å². The Bertz CT molecular complexity index is 150. The molecule has 3 atom stereocenters. The van der Waals surface area contributed by atoms with Crippen LogP contribution in [0, 0.1) is 5.92 Å². The Morgan fingerprint density at radius 1 is 1.54 bits per heavy atom. The lowest BCUT2D eigenvalue weighted by atomic mass is 9.96. The van der Waals surface area contributed by atoms with Gasteiger partial charge in [-0.1, -0.05) is 6.92 Å². The second-order valence-electron chi connectivity index (χ2n) is 4.27. The molecule has 0 radical (unpaired) electrons. The summed E-state index contributed by atoms with van der Waals surface area (Å²) in [7, 11) is 0. The van der Waals surface area contributed by atoms with Gasteiger partial charge in [-0.2, -0.15) is 0 Å². The Kier molecular flexibility index (Phi) is 4.16. The molecule has 0 aromatic carbocycles. The summed E-state index contributed by atoms with van der Waals surface area (Å²) in [4.78, 5) is 2.32. The Morgan fingerprint density at radius 2 is 2.23 bits per heavy atom. The Morgan fingerprint density at radius 3 is 2.77 bits per heavy atom. The van der Waals surface area contributed by atoms with Crippen molar-refractivity contribution in [2.24, 2.45) is 5.92 Å². The number of rotatable bonds is 3. The second-order valence-corrected chi connectivity index (χ2v) is 4.27. The van der Waals surface area contributed by atoms with Crippen LogP contribution in [0.25, 0.3) is 0 Å². The highest BCUT2D eigenvalue weighted by atomic mass is 16.3. The van der Waals surface area contributed by atoms with Gasteiger partial charge in [-0.05, 0) is 25.7 Å². The molecule has 0 saturated carbocycles. The molecule has 1 saturated heterocycles. The topological polar surface area (TPSA) is 43.7 Å². The summed E-state index contributed by atoms with van der Waals surface area (Å²) < 4.78 is 0. The van der Waals surface area contributed by atoms with Crippen molar-refractivity contribution in [2.45, 2.75) is 38.9 Å². The van der Waals surface area contributed by atoms with Crippen molar-refractivity contribution in [2.75, 3.05) is 19.6 Å². The van der Waals surface area contributed by atoms with Crippen LogP contribution in [0.3, 0.4) is 0 Å². The zero-order valence-corrected chi connectivity index (χ0v) is 8.61. The number of hydrogen-bond donors (Lipinski definition) is 2. The van der Waals surface area contributed by atoms with Crippen LogP contribution in [0.15, 0.2) is 0 Å². The molecule has 1 heterocycles. The Balaban J connectivity index is 2.21. The minimum Gasteiger partial charge on any atom is -0.393 e. The third kappa shape index (κ3) is 3.63. The van der Waals surface area contributed by atoms with Crippen molar-refractivity contribution >= 4 is 0 Å². The van der Waals surface area contributed by atoms with E-state index < -0.39 is 0 Å². The molecule has 0 spiro atoms. The quantitative estimate of drug-likeness (QED) is 0.674. The van der Waals surface area contributed by atoms with Gasteiger partial charge in [0.25, 0.3) is 0 Å². The SMILES string of the molecule is CC(O)CCN1CCC(O)C(C)C1. The van der Waals surface area contributed by atoms with Crippen LogP contribution in [0.5, 0.6) is 0 Å². The van der Waals surface area contributed by atoms with Gasteiger partial charge in [0, 0.05) is 19.6 Å². The van der Waals surface area contributed by atoms with Crippen LogP contribution in [-0.4, -0.2) is 47.0 Å². The van der Waals surface area contributed by atoms with Crippen LogP contribution in [0.1, 0.15) is 26.7 Å². The molecule has 3 heteroatoms. The molecule has 3 unspecified atom stereocenters. The molecule has 0 aromatic rings. The molecular weight excluding hydrogens is 166 g/mol. The molecule has 3 nitrogen and oxygen atoms in total. The summed E-state index contributed by atoms with van der Waals surface area (Å²) in [5, 5.41) is 18.6. The van der Waals surface area contributed by atoms with E-state index in [2.05, 4.69) is 11.8 Å². The number of hydrogen-bond acceptors (Lipinski definition) is 3. The van der Waals surface area contributed by atoms with E-state index in [-0.39, 0.29) is 12.2 Å². The predicted octanol–water partition coefficient (Wildman–Crippen LogP) is 0.460. The minimum atomic E-state index is -0.206. The van der Waals surface area contributed by atoms with Gasteiger partial charge in [0.2, 0.25) is 0 Å². The third-order valence-electron chi connectivity index (χ3n) is 2.81. The molecular formula is C10H21NO2.